The number of nitrogens with one attached hydrogen (secondary N) is 1. The van der Waals surface area contributed by atoms with Gasteiger partial charge in [-0.05, 0) is 30.7 Å². The van der Waals surface area contributed by atoms with Gasteiger partial charge in [0.05, 0.1) is 0 Å². The van der Waals surface area contributed by atoms with Crippen LogP contribution in [-0.2, 0) is 0 Å². The van der Waals surface area contributed by atoms with Crippen molar-refractivity contribution in [2.24, 2.45) is 11.3 Å². The average Bonchev–Trinajstić information content (AvgIpc) is 2.07. The minimum Gasteiger partial charge on any atom is -0.314 e. The van der Waals surface area contributed by atoms with Gasteiger partial charge < -0.3 is 5.32 Å². The molecule has 2 unspecified atom stereocenters. The summed E-state index contributed by atoms with van der Waals surface area (Å²) in [5, 5.41) is 3.55. The summed E-state index contributed by atoms with van der Waals surface area (Å²) in [6.07, 6.45) is 2.73. The molecule has 1 fully saturated rings. The zero-order valence-corrected chi connectivity index (χ0v) is 8.28. The van der Waals surface area contributed by atoms with Crippen LogP contribution in [0.2, 0.25) is 0 Å². The SMILES string of the molecule is CCNC1CC(C)(C)CC1C. The molecule has 1 saturated carbocycles. The normalized spacial score (nSPS) is 36.0. The summed E-state index contributed by atoms with van der Waals surface area (Å²) in [6.45, 7) is 10.4. The van der Waals surface area contributed by atoms with Crippen LogP contribution in [0.1, 0.15) is 40.5 Å². The first-order valence-electron chi connectivity index (χ1n) is 4.78. The summed E-state index contributed by atoms with van der Waals surface area (Å²) in [6, 6.07) is 0.773. The van der Waals surface area contributed by atoms with Gasteiger partial charge in [0.25, 0.3) is 0 Å². The van der Waals surface area contributed by atoms with Crippen molar-refractivity contribution >= 4 is 0 Å². The minimum atomic E-state index is 0.576. The van der Waals surface area contributed by atoms with Crippen LogP contribution in [0, 0.1) is 11.3 Å². The van der Waals surface area contributed by atoms with Crippen LogP contribution < -0.4 is 5.32 Å². The molecule has 2 atom stereocenters. The zero-order chi connectivity index (χ0) is 8.48. The van der Waals surface area contributed by atoms with Crippen molar-refractivity contribution in [3.8, 4) is 0 Å². The highest BCUT2D eigenvalue weighted by molar-refractivity contribution is 4.90. The van der Waals surface area contributed by atoms with E-state index in [2.05, 4.69) is 33.0 Å². The predicted molar refractivity (Wildman–Crippen MR) is 49.6 cm³/mol. The summed E-state index contributed by atoms with van der Waals surface area (Å²) in [4.78, 5) is 0. The Morgan fingerprint density at radius 2 is 2.00 bits per heavy atom. The summed E-state index contributed by atoms with van der Waals surface area (Å²) in [5.74, 6) is 0.866. The molecule has 1 rings (SSSR count). The minimum absolute atomic E-state index is 0.576. The Labute approximate surface area is 70.6 Å². The molecule has 1 N–H and O–H groups in total. The van der Waals surface area contributed by atoms with Crippen molar-refractivity contribution in [1.29, 1.82) is 0 Å². The first-order chi connectivity index (χ1) is 5.05. The van der Waals surface area contributed by atoms with E-state index in [1.165, 1.54) is 12.8 Å². The van der Waals surface area contributed by atoms with E-state index in [0.29, 0.717) is 5.41 Å². The Balaban J connectivity index is 2.45. The second-order valence-electron chi connectivity index (χ2n) is 4.71. The first-order valence-corrected chi connectivity index (χ1v) is 4.78. The third-order valence-electron chi connectivity index (χ3n) is 2.80. The van der Waals surface area contributed by atoms with Gasteiger partial charge in [0.15, 0.2) is 0 Å². The fraction of sp³-hybridized carbons (Fsp3) is 1.00. The molecule has 1 nitrogen and oxygen atoms in total. The van der Waals surface area contributed by atoms with Crippen LogP contribution in [-0.4, -0.2) is 12.6 Å². The van der Waals surface area contributed by atoms with Gasteiger partial charge in [-0.15, -0.1) is 0 Å². The van der Waals surface area contributed by atoms with E-state index in [1.54, 1.807) is 0 Å². The van der Waals surface area contributed by atoms with Gasteiger partial charge in [-0.2, -0.15) is 0 Å². The van der Waals surface area contributed by atoms with E-state index in [4.69, 9.17) is 0 Å². The molecule has 66 valence electrons. The molecular weight excluding hydrogens is 134 g/mol. The molecule has 0 bridgehead atoms. The standard InChI is InChI=1S/C10H21N/c1-5-11-9-7-10(3,4)6-8(9)2/h8-9,11H,5-7H2,1-4H3. The number of hydrogen-bond acceptors (Lipinski definition) is 1. The molecular formula is C10H21N. The van der Waals surface area contributed by atoms with Gasteiger partial charge in [0, 0.05) is 6.04 Å². The molecule has 0 heterocycles. The Morgan fingerprint density at radius 3 is 2.36 bits per heavy atom. The molecule has 1 aliphatic carbocycles. The van der Waals surface area contributed by atoms with Crippen molar-refractivity contribution in [2.45, 2.75) is 46.6 Å². The lowest BCUT2D eigenvalue weighted by Gasteiger charge is -2.17. The van der Waals surface area contributed by atoms with Crippen molar-refractivity contribution in [3.63, 3.8) is 0 Å². The lowest BCUT2D eigenvalue weighted by molar-refractivity contribution is 0.363. The van der Waals surface area contributed by atoms with E-state index in [1.807, 2.05) is 0 Å². The Kier molecular flexibility index (Phi) is 2.58. The summed E-state index contributed by atoms with van der Waals surface area (Å²) in [5.41, 5.74) is 0.576. The molecule has 0 aromatic carbocycles. The maximum atomic E-state index is 3.55. The van der Waals surface area contributed by atoms with Crippen LogP contribution in [0.5, 0.6) is 0 Å². The van der Waals surface area contributed by atoms with Crippen LogP contribution in [0.25, 0.3) is 0 Å². The molecule has 0 aromatic rings. The summed E-state index contributed by atoms with van der Waals surface area (Å²) >= 11 is 0. The highest BCUT2D eigenvalue weighted by Crippen LogP contribution is 2.40. The smallest absolute Gasteiger partial charge is 0.00978 e. The summed E-state index contributed by atoms with van der Waals surface area (Å²) < 4.78 is 0. The van der Waals surface area contributed by atoms with Gasteiger partial charge in [-0.1, -0.05) is 27.7 Å². The monoisotopic (exact) mass is 155 g/mol. The van der Waals surface area contributed by atoms with Crippen molar-refractivity contribution in [3.05, 3.63) is 0 Å². The third kappa shape index (κ3) is 2.19. The Morgan fingerprint density at radius 1 is 1.36 bits per heavy atom. The molecule has 0 saturated heterocycles. The van der Waals surface area contributed by atoms with Crippen molar-refractivity contribution in [1.82, 2.24) is 5.32 Å². The van der Waals surface area contributed by atoms with E-state index < -0.39 is 0 Å². The second kappa shape index (κ2) is 3.14. The van der Waals surface area contributed by atoms with E-state index in [-0.39, 0.29) is 0 Å². The van der Waals surface area contributed by atoms with Gasteiger partial charge >= 0.3 is 0 Å². The van der Waals surface area contributed by atoms with Crippen molar-refractivity contribution < 1.29 is 0 Å². The fourth-order valence-electron chi connectivity index (χ4n) is 2.43. The third-order valence-corrected chi connectivity index (χ3v) is 2.80. The van der Waals surface area contributed by atoms with E-state index in [9.17, 15) is 0 Å². The molecule has 0 aromatic heterocycles. The molecule has 1 aliphatic rings. The lowest BCUT2D eigenvalue weighted by Crippen LogP contribution is -2.31. The molecule has 11 heavy (non-hydrogen) atoms. The molecule has 1 heteroatoms. The van der Waals surface area contributed by atoms with Gasteiger partial charge in [-0.3, -0.25) is 0 Å². The zero-order valence-electron chi connectivity index (χ0n) is 8.28. The van der Waals surface area contributed by atoms with E-state index >= 15 is 0 Å². The Hall–Kier alpha value is -0.0400. The van der Waals surface area contributed by atoms with Crippen LogP contribution in [0.15, 0.2) is 0 Å². The Bertz CT molecular complexity index is 129. The highest BCUT2D eigenvalue weighted by atomic mass is 14.9. The van der Waals surface area contributed by atoms with Gasteiger partial charge in [0.2, 0.25) is 0 Å². The topological polar surface area (TPSA) is 12.0 Å². The van der Waals surface area contributed by atoms with E-state index in [0.717, 1.165) is 18.5 Å². The van der Waals surface area contributed by atoms with Crippen LogP contribution in [0.3, 0.4) is 0 Å². The largest absolute Gasteiger partial charge is 0.314 e. The van der Waals surface area contributed by atoms with Gasteiger partial charge in [0.1, 0.15) is 0 Å². The fourth-order valence-corrected chi connectivity index (χ4v) is 2.43. The highest BCUT2D eigenvalue weighted by Gasteiger charge is 2.35. The maximum absolute atomic E-state index is 3.55. The average molecular weight is 155 g/mol. The number of rotatable bonds is 2. The summed E-state index contributed by atoms with van der Waals surface area (Å²) in [7, 11) is 0. The first kappa shape index (κ1) is 9.05. The van der Waals surface area contributed by atoms with Gasteiger partial charge in [-0.25, -0.2) is 0 Å². The molecule has 0 aliphatic heterocycles. The maximum Gasteiger partial charge on any atom is 0.00978 e. The molecule has 0 spiro atoms. The van der Waals surface area contributed by atoms with Crippen LogP contribution in [0.4, 0.5) is 0 Å². The molecule has 0 radical (unpaired) electrons. The lowest BCUT2D eigenvalue weighted by atomic mass is 9.91. The number of hydrogen-bond donors (Lipinski definition) is 1. The second-order valence-corrected chi connectivity index (χ2v) is 4.71. The molecule has 0 amide bonds. The quantitative estimate of drug-likeness (QED) is 0.645. The van der Waals surface area contributed by atoms with Crippen molar-refractivity contribution in [2.75, 3.05) is 6.54 Å². The van der Waals surface area contributed by atoms with Crippen LogP contribution >= 0.6 is 0 Å². The predicted octanol–water partition coefficient (Wildman–Crippen LogP) is 2.42.